The molecule has 6 nitrogen and oxygen atoms in total. The molecule has 3 aromatic carbocycles. The van der Waals surface area contributed by atoms with Gasteiger partial charge < -0.3 is 4.74 Å². The number of hydrogen-bond acceptors (Lipinski definition) is 4. The van der Waals surface area contributed by atoms with E-state index in [0.717, 1.165) is 28.1 Å². The number of hydrogen-bond donors (Lipinski definition) is 0. The van der Waals surface area contributed by atoms with Crippen LogP contribution >= 0.6 is 23.2 Å². The molecule has 9 heteroatoms. The Morgan fingerprint density at radius 1 is 0.944 bits per heavy atom. The number of aryl methyl sites for hydroxylation is 1. The average molecular weight is 542 g/mol. The summed E-state index contributed by atoms with van der Waals surface area (Å²) in [6.07, 6.45) is -0.534. The van der Waals surface area contributed by atoms with Crippen molar-refractivity contribution >= 4 is 33.2 Å². The SMILES string of the molecule is Cc1ccc(S(=O)(=O)N2CCOC(c3nn(-c4ccccc4Cl)c(-c4ccc(Cl)cc4)c3C)C2)cc1. The molecule has 1 unspecified atom stereocenters. The quantitative estimate of drug-likeness (QED) is 0.300. The highest BCUT2D eigenvalue weighted by molar-refractivity contribution is 7.89. The molecule has 2 heterocycles. The largest absolute Gasteiger partial charge is 0.369 e. The lowest BCUT2D eigenvalue weighted by Crippen LogP contribution is -2.42. The second-order valence-electron chi connectivity index (χ2n) is 8.76. The van der Waals surface area contributed by atoms with Crippen molar-refractivity contribution in [3.8, 4) is 16.9 Å². The summed E-state index contributed by atoms with van der Waals surface area (Å²) >= 11 is 12.7. The minimum absolute atomic E-state index is 0.163. The summed E-state index contributed by atoms with van der Waals surface area (Å²) in [5, 5.41) is 6.10. The molecule has 36 heavy (non-hydrogen) atoms. The van der Waals surface area contributed by atoms with E-state index in [1.165, 1.54) is 4.31 Å². The van der Waals surface area contributed by atoms with E-state index in [1.807, 2.05) is 62.4 Å². The highest BCUT2D eigenvalue weighted by Crippen LogP contribution is 2.36. The van der Waals surface area contributed by atoms with Crippen LogP contribution < -0.4 is 0 Å². The highest BCUT2D eigenvalue weighted by atomic mass is 35.5. The van der Waals surface area contributed by atoms with Gasteiger partial charge in [0.25, 0.3) is 0 Å². The lowest BCUT2D eigenvalue weighted by atomic mass is 10.0. The number of sulfonamides is 1. The Hall–Kier alpha value is -2.68. The van der Waals surface area contributed by atoms with Crippen molar-refractivity contribution in [3.63, 3.8) is 0 Å². The molecule has 0 aliphatic carbocycles. The van der Waals surface area contributed by atoms with Crippen molar-refractivity contribution < 1.29 is 13.2 Å². The van der Waals surface area contributed by atoms with Crippen LogP contribution in [0.15, 0.2) is 77.7 Å². The van der Waals surface area contributed by atoms with Crippen molar-refractivity contribution in [2.45, 2.75) is 24.8 Å². The summed E-state index contributed by atoms with van der Waals surface area (Å²) in [5.41, 5.74) is 5.04. The van der Waals surface area contributed by atoms with Gasteiger partial charge in [-0.1, -0.05) is 65.2 Å². The molecule has 4 aromatic rings. The van der Waals surface area contributed by atoms with Crippen LogP contribution in [0.5, 0.6) is 0 Å². The highest BCUT2D eigenvalue weighted by Gasteiger charge is 2.34. The lowest BCUT2D eigenvalue weighted by molar-refractivity contribution is -0.00544. The molecule has 1 saturated heterocycles. The fraction of sp³-hybridized carbons (Fsp3) is 0.222. The zero-order valence-corrected chi connectivity index (χ0v) is 22.2. The van der Waals surface area contributed by atoms with Gasteiger partial charge in [-0.3, -0.25) is 0 Å². The van der Waals surface area contributed by atoms with Crippen LogP contribution in [-0.2, 0) is 14.8 Å². The van der Waals surface area contributed by atoms with Gasteiger partial charge in [-0.2, -0.15) is 9.40 Å². The first kappa shape index (κ1) is 25.0. The molecule has 0 saturated carbocycles. The van der Waals surface area contributed by atoms with Crippen molar-refractivity contribution in [2.75, 3.05) is 19.7 Å². The van der Waals surface area contributed by atoms with Crippen LogP contribution in [0.1, 0.15) is 22.9 Å². The molecule has 0 amide bonds. The molecule has 1 fully saturated rings. The maximum Gasteiger partial charge on any atom is 0.243 e. The minimum atomic E-state index is -3.67. The monoisotopic (exact) mass is 541 g/mol. The number of ether oxygens (including phenoxy) is 1. The van der Waals surface area contributed by atoms with Crippen molar-refractivity contribution in [1.82, 2.24) is 14.1 Å². The van der Waals surface area contributed by atoms with E-state index in [4.69, 9.17) is 33.0 Å². The molecule has 0 radical (unpaired) electrons. The summed E-state index contributed by atoms with van der Waals surface area (Å²) in [6, 6.07) is 21.9. The first-order valence-electron chi connectivity index (χ1n) is 11.5. The number of halogens is 2. The Bertz CT molecular complexity index is 1500. The van der Waals surface area contributed by atoms with Crippen molar-refractivity contribution in [3.05, 3.63) is 99.7 Å². The predicted octanol–water partition coefficient (Wildman–Crippen LogP) is 6.23. The van der Waals surface area contributed by atoms with Crippen LogP contribution in [-0.4, -0.2) is 42.2 Å². The van der Waals surface area contributed by atoms with Gasteiger partial charge in [-0.15, -0.1) is 0 Å². The van der Waals surface area contributed by atoms with Crippen LogP contribution in [0, 0.1) is 13.8 Å². The molecule has 1 atom stereocenters. The van der Waals surface area contributed by atoms with Gasteiger partial charge in [-0.25, -0.2) is 13.1 Å². The van der Waals surface area contributed by atoms with Gasteiger partial charge >= 0.3 is 0 Å². The van der Waals surface area contributed by atoms with Crippen molar-refractivity contribution in [1.29, 1.82) is 0 Å². The van der Waals surface area contributed by atoms with E-state index in [2.05, 4.69) is 0 Å². The molecule has 0 spiro atoms. The van der Waals surface area contributed by atoms with Gasteiger partial charge in [0, 0.05) is 29.2 Å². The van der Waals surface area contributed by atoms with Crippen LogP contribution in [0.25, 0.3) is 16.9 Å². The van der Waals surface area contributed by atoms with E-state index in [9.17, 15) is 8.42 Å². The zero-order chi connectivity index (χ0) is 25.4. The summed E-state index contributed by atoms with van der Waals surface area (Å²) < 4.78 is 36.1. The second kappa shape index (κ2) is 10.00. The maximum atomic E-state index is 13.4. The first-order valence-corrected chi connectivity index (χ1v) is 13.7. The van der Waals surface area contributed by atoms with E-state index < -0.39 is 16.1 Å². The molecular formula is C27H25Cl2N3O3S. The topological polar surface area (TPSA) is 64.4 Å². The smallest absolute Gasteiger partial charge is 0.243 e. The molecule has 0 bridgehead atoms. The normalized spacial score (nSPS) is 16.8. The third-order valence-corrected chi connectivity index (χ3v) is 8.80. The summed E-state index contributed by atoms with van der Waals surface area (Å²) in [4.78, 5) is 0.272. The third-order valence-electron chi connectivity index (χ3n) is 6.35. The average Bonchev–Trinajstić information content (AvgIpc) is 3.22. The maximum absolute atomic E-state index is 13.4. The molecule has 1 aliphatic heterocycles. The van der Waals surface area contributed by atoms with Gasteiger partial charge in [0.2, 0.25) is 10.0 Å². The van der Waals surface area contributed by atoms with Gasteiger partial charge in [-0.05, 0) is 50.2 Å². The Morgan fingerprint density at radius 3 is 2.33 bits per heavy atom. The van der Waals surface area contributed by atoms with Crippen LogP contribution in [0.4, 0.5) is 0 Å². The third kappa shape index (κ3) is 4.69. The van der Waals surface area contributed by atoms with E-state index >= 15 is 0 Å². The van der Waals surface area contributed by atoms with Gasteiger partial charge in [0.05, 0.1) is 33.6 Å². The number of para-hydroxylation sites is 1. The number of nitrogens with zero attached hydrogens (tertiary/aromatic N) is 3. The van der Waals surface area contributed by atoms with E-state index in [-0.39, 0.29) is 24.6 Å². The van der Waals surface area contributed by atoms with E-state index in [1.54, 1.807) is 28.9 Å². The predicted molar refractivity (Wildman–Crippen MR) is 142 cm³/mol. The molecular weight excluding hydrogens is 517 g/mol. The number of morpholine rings is 1. The summed E-state index contributed by atoms with van der Waals surface area (Å²) in [5.74, 6) is 0. The molecule has 5 rings (SSSR count). The zero-order valence-electron chi connectivity index (χ0n) is 19.9. The molecule has 1 aromatic heterocycles. The minimum Gasteiger partial charge on any atom is -0.369 e. The lowest BCUT2D eigenvalue weighted by Gasteiger charge is -2.31. The molecule has 186 valence electrons. The van der Waals surface area contributed by atoms with Crippen LogP contribution in [0.3, 0.4) is 0 Å². The van der Waals surface area contributed by atoms with E-state index in [0.29, 0.717) is 15.7 Å². The Morgan fingerprint density at radius 2 is 1.64 bits per heavy atom. The number of aromatic nitrogens is 2. The summed E-state index contributed by atoms with van der Waals surface area (Å²) in [6.45, 7) is 4.61. The van der Waals surface area contributed by atoms with Gasteiger partial charge in [0.1, 0.15) is 6.10 Å². The fourth-order valence-corrected chi connectivity index (χ4v) is 6.20. The number of benzene rings is 3. The Labute approximate surface area is 221 Å². The van der Waals surface area contributed by atoms with Gasteiger partial charge in [0.15, 0.2) is 0 Å². The molecule has 0 N–H and O–H groups in total. The Kier molecular flexibility index (Phi) is 6.94. The Balaban J connectivity index is 1.56. The van der Waals surface area contributed by atoms with Crippen LogP contribution in [0.2, 0.25) is 10.0 Å². The molecule has 1 aliphatic rings. The number of rotatable bonds is 5. The second-order valence-corrected chi connectivity index (χ2v) is 11.5. The fourth-order valence-electron chi connectivity index (χ4n) is 4.43. The standard InChI is InChI=1S/C27H25Cl2N3O3S/c1-18-7-13-22(14-8-18)36(33,34)31-15-16-35-25(17-31)26-19(2)27(20-9-11-21(28)12-10-20)32(30-26)24-6-4-3-5-23(24)29/h3-14,25H,15-17H2,1-2H3. The van der Waals surface area contributed by atoms with Crippen molar-refractivity contribution in [2.24, 2.45) is 0 Å². The summed E-state index contributed by atoms with van der Waals surface area (Å²) in [7, 11) is -3.67. The first-order chi connectivity index (χ1) is 17.3.